The zero-order valence-electron chi connectivity index (χ0n) is 10.5. The van der Waals surface area contributed by atoms with Crippen molar-refractivity contribution in [3.8, 4) is 0 Å². The van der Waals surface area contributed by atoms with Crippen LogP contribution in [0.3, 0.4) is 0 Å². The molecule has 0 aromatic rings. The molecule has 1 fully saturated rings. The lowest BCUT2D eigenvalue weighted by atomic mass is 9.74. The maximum atomic E-state index is 12.1. The first-order valence-electron chi connectivity index (χ1n) is 6.14. The fourth-order valence-corrected chi connectivity index (χ4v) is 2.93. The molecule has 15 heavy (non-hydrogen) atoms. The Morgan fingerprint density at radius 2 is 1.80 bits per heavy atom. The third-order valence-corrected chi connectivity index (χ3v) is 3.55. The highest BCUT2D eigenvalue weighted by Gasteiger charge is 2.32. The zero-order chi connectivity index (χ0) is 11.4. The third kappa shape index (κ3) is 3.30. The van der Waals surface area contributed by atoms with Crippen LogP contribution in [0.15, 0.2) is 0 Å². The van der Waals surface area contributed by atoms with E-state index >= 15 is 0 Å². The highest BCUT2D eigenvalue weighted by atomic mass is 16.5. The topological polar surface area (TPSA) is 26.3 Å². The molecule has 0 bridgehead atoms. The van der Waals surface area contributed by atoms with Crippen molar-refractivity contribution in [2.24, 2.45) is 17.8 Å². The number of Topliss-reactive ketones (excluding diaryl/α,β-unsaturated/α-hetero) is 1. The van der Waals surface area contributed by atoms with Crippen molar-refractivity contribution in [1.29, 1.82) is 0 Å². The molecule has 0 aliphatic heterocycles. The largest absolute Gasteiger partial charge is 0.374 e. The summed E-state index contributed by atoms with van der Waals surface area (Å²) in [6.07, 6.45) is 4.02. The molecular formula is C13H24O2. The van der Waals surface area contributed by atoms with Gasteiger partial charge in [0.25, 0.3) is 0 Å². The first-order valence-corrected chi connectivity index (χ1v) is 6.14. The average molecular weight is 212 g/mol. The van der Waals surface area contributed by atoms with Crippen molar-refractivity contribution in [3.63, 3.8) is 0 Å². The summed E-state index contributed by atoms with van der Waals surface area (Å²) in [6.45, 7) is 6.52. The lowest BCUT2D eigenvalue weighted by molar-refractivity contribution is -0.135. The molecule has 2 nitrogen and oxygen atoms in total. The first-order chi connectivity index (χ1) is 7.08. The van der Waals surface area contributed by atoms with Crippen LogP contribution in [0.4, 0.5) is 0 Å². The van der Waals surface area contributed by atoms with Crippen molar-refractivity contribution < 1.29 is 9.53 Å². The summed E-state index contributed by atoms with van der Waals surface area (Å²) in [4.78, 5) is 12.1. The Bertz CT molecular complexity index is 199. The molecule has 0 spiro atoms. The van der Waals surface area contributed by atoms with Gasteiger partial charge in [0.2, 0.25) is 0 Å². The quantitative estimate of drug-likeness (QED) is 0.716. The van der Waals surface area contributed by atoms with Crippen molar-refractivity contribution in [2.45, 2.75) is 52.6 Å². The molecule has 3 atom stereocenters. The number of rotatable bonds is 4. The molecule has 0 amide bonds. The Kier molecular flexibility index (Phi) is 4.78. The highest BCUT2D eigenvalue weighted by Crippen LogP contribution is 2.34. The molecule has 1 rings (SSSR count). The molecule has 0 radical (unpaired) electrons. The molecular weight excluding hydrogens is 188 g/mol. The van der Waals surface area contributed by atoms with Crippen LogP contribution in [0.5, 0.6) is 0 Å². The summed E-state index contributed by atoms with van der Waals surface area (Å²) < 4.78 is 5.24. The van der Waals surface area contributed by atoms with Gasteiger partial charge in [-0.05, 0) is 37.5 Å². The number of hydrogen-bond donors (Lipinski definition) is 0. The van der Waals surface area contributed by atoms with Crippen LogP contribution in [0.25, 0.3) is 0 Å². The highest BCUT2D eigenvalue weighted by molar-refractivity contribution is 5.85. The Morgan fingerprint density at radius 1 is 1.27 bits per heavy atom. The monoisotopic (exact) mass is 212 g/mol. The van der Waals surface area contributed by atoms with Crippen molar-refractivity contribution in [2.75, 3.05) is 7.11 Å². The third-order valence-electron chi connectivity index (χ3n) is 3.55. The van der Waals surface area contributed by atoms with Crippen LogP contribution in [0.1, 0.15) is 46.5 Å². The maximum Gasteiger partial charge on any atom is 0.164 e. The Morgan fingerprint density at radius 3 is 2.20 bits per heavy atom. The second-order valence-corrected chi connectivity index (χ2v) is 5.15. The van der Waals surface area contributed by atoms with Gasteiger partial charge in [-0.15, -0.1) is 0 Å². The van der Waals surface area contributed by atoms with Crippen LogP contribution in [-0.2, 0) is 9.53 Å². The molecule has 0 saturated heterocycles. The fraction of sp³-hybridized carbons (Fsp3) is 0.923. The van der Waals surface area contributed by atoms with Crippen molar-refractivity contribution in [3.05, 3.63) is 0 Å². The summed E-state index contributed by atoms with van der Waals surface area (Å²) in [6, 6.07) is 0. The number of carbonyl (C=O) groups is 1. The Labute approximate surface area is 93.4 Å². The average Bonchev–Trinajstić information content (AvgIpc) is 2.18. The van der Waals surface area contributed by atoms with E-state index in [1.54, 1.807) is 7.11 Å². The molecule has 3 unspecified atom stereocenters. The van der Waals surface area contributed by atoms with Gasteiger partial charge in [0.15, 0.2) is 5.78 Å². The van der Waals surface area contributed by atoms with Crippen LogP contribution in [-0.4, -0.2) is 19.0 Å². The smallest absolute Gasteiger partial charge is 0.164 e. The summed E-state index contributed by atoms with van der Waals surface area (Å²) in [5, 5.41) is 0. The van der Waals surface area contributed by atoms with Crippen molar-refractivity contribution in [1.82, 2.24) is 0 Å². The SMILES string of the molecule is CCC(OC)C(=O)C1CC(C)CC(C)C1. The van der Waals surface area contributed by atoms with Gasteiger partial charge in [-0.1, -0.05) is 20.8 Å². The van der Waals surface area contributed by atoms with Gasteiger partial charge in [0, 0.05) is 13.0 Å². The number of methoxy groups -OCH3 is 1. The van der Waals surface area contributed by atoms with Gasteiger partial charge in [-0.2, -0.15) is 0 Å². The Hall–Kier alpha value is -0.370. The molecule has 0 aromatic heterocycles. The Balaban J connectivity index is 2.58. The lowest BCUT2D eigenvalue weighted by Gasteiger charge is -2.32. The van der Waals surface area contributed by atoms with Gasteiger partial charge in [0.05, 0.1) is 0 Å². The van der Waals surface area contributed by atoms with E-state index in [-0.39, 0.29) is 12.0 Å². The van der Waals surface area contributed by atoms with Crippen molar-refractivity contribution >= 4 is 5.78 Å². The van der Waals surface area contributed by atoms with Gasteiger partial charge in [0.1, 0.15) is 6.10 Å². The number of ether oxygens (including phenoxy) is 1. The fourth-order valence-electron chi connectivity index (χ4n) is 2.93. The molecule has 0 heterocycles. The molecule has 0 N–H and O–H groups in total. The van der Waals surface area contributed by atoms with Gasteiger partial charge < -0.3 is 4.74 Å². The summed E-state index contributed by atoms with van der Waals surface area (Å²) >= 11 is 0. The van der Waals surface area contributed by atoms with E-state index in [0.717, 1.165) is 19.3 Å². The van der Waals surface area contributed by atoms with Gasteiger partial charge in [-0.3, -0.25) is 4.79 Å². The molecule has 1 aliphatic carbocycles. The second-order valence-electron chi connectivity index (χ2n) is 5.15. The predicted octanol–water partition coefficient (Wildman–Crippen LogP) is 3.05. The van der Waals surface area contributed by atoms with Gasteiger partial charge in [-0.25, -0.2) is 0 Å². The molecule has 2 heteroatoms. The van der Waals surface area contributed by atoms with E-state index < -0.39 is 0 Å². The number of hydrogen-bond acceptors (Lipinski definition) is 2. The molecule has 1 aliphatic rings. The van der Waals surface area contributed by atoms with Crippen LogP contribution in [0, 0.1) is 17.8 Å². The predicted molar refractivity (Wildman–Crippen MR) is 61.8 cm³/mol. The minimum Gasteiger partial charge on any atom is -0.374 e. The van der Waals surface area contributed by atoms with E-state index in [9.17, 15) is 4.79 Å². The first kappa shape index (κ1) is 12.7. The van der Waals surface area contributed by atoms with E-state index in [0.29, 0.717) is 17.6 Å². The van der Waals surface area contributed by atoms with Gasteiger partial charge >= 0.3 is 0 Å². The standard InChI is InChI=1S/C13H24O2/c1-5-12(15-4)13(14)11-7-9(2)6-10(3)8-11/h9-12H,5-8H2,1-4H3. The lowest BCUT2D eigenvalue weighted by Crippen LogP contribution is -2.34. The summed E-state index contributed by atoms with van der Waals surface area (Å²) in [5.41, 5.74) is 0. The van der Waals surface area contributed by atoms with Crippen LogP contribution in [0.2, 0.25) is 0 Å². The summed E-state index contributed by atoms with van der Waals surface area (Å²) in [5.74, 6) is 1.96. The van der Waals surface area contributed by atoms with E-state index in [1.807, 2.05) is 6.92 Å². The van der Waals surface area contributed by atoms with Crippen LogP contribution < -0.4 is 0 Å². The molecule has 1 saturated carbocycles. The van der Waals surface area contributed by atoms with E-state index in [2.05, 4.69) is 13.8 Å². The normalized spacial score (nSPS) is 33.7. The van der Waals surface area contributed by atoms with E-state index in [1.165, 1.54) is 6.42 Å². The van der Waals surface area contributed by atoms with Crippen LogP contribution >= 0.6 is 0 Å². The summed E-state index contributed by atoms with van der Waals surface area (Å²) in [7, 11) is 1.64. The minimum absolute atomic E-state index is 0.174. The molecule has 88 valence electrons. The number of carbonyl (C=O) groups excluding carboxylic acids is 1. The maximum absolute atomic E-state index is 12.1. The second kappa shape index (κ2) is 5.64. The minimum atomic E-state index is -0.174. The number of ketones is 1. The zero-order valence-corrected chi connectivity index (χ0v) is 10.5. The van der Waals surface area contributed by atoms with E-state index in [4.69, 9.17) is 4.74 Å². The molecule has 0 aromatic carbocycles.